The molecule has 0 saturated carbocycles. The van der Waals surface area contributed by atoms with E-state index in [0.717, 1.165) is 26.1 Å². The Hall–Kier alpha value is -0.610. The molecule has 4 heteroatoms. The van der Waals surface area contributed by atoms with Gasteiger partial charge in [0.2, 0.25) is 5.91 Å². The summed E-state index contributed by atoms with van der Waals surface area (Å²) in [6.45, 7) is 8.67. The van der Waals surface area contributed by atoms with Crippen LogP contribution in [0, 0.1) is 5.92 Å². The summed E-state index contributed by atoms with van der Waals surface area (Å²) < 4.78 is 5.67. The van der Waals surface area contributed by atoms with Crippen molar-refractivity contribution in [1.82, 2.24) is 10.2 Å². The number of nitrogens with one attached hydrogen (secondary N) is 1. The lowest BCUT2D eigenvalue weighted by molar-refractivity contribution is -0.147. The van der Waals surface area contributed by atoms with Gasteiger partial charge in [0.1, 0.15) is 0 Å². The van der Waals surface area contributed by atoms with Crippen molar-refractivity contribution in [3.63, 3.8) is 0 Å². The Kier molecular flexibility index (Phi) is 4.05. The molecule has 0 radical (unpaired) electrons. The lowest BCUT2D eigenvalue weighted by Gasteiger charge is -2.39. The summed E-state index contributed by atoms with van der Waals surface area (Å²) in [5.41, 5.74) is 0. The molecule has 0 spiro atoms. The average molecular weight is 240 g/mol. The normalized spacial score (nSPS) is 39.1. The first kappa shape index (κ1) is 12.8. The lowest BCUT2D eigenvalue weighted by atomic mass is 9.91. The van der Waals surface area contributed by atoms with E-state index in [4.69, 9.17) is 4.74 Å². The topological polar surface area (TPSA) is 41.6 Å². The van der Waals surface area contributed by atoms with E-state index in [-0.39, 0.29) is 24.2 Å². The summed E-state index contributed by atoms with van der Waals surface area (Å²) in [7, 11) is 0. The Labute approximate surface area is 104 Å². The summed E-state index contributed by atoms with van der Waals surface area (Å²) in [5, 5.41) is 3.36. The van der Waals surface area contributed by atoms with Gasteiger partial charge in [-0.3, -0.25) is 4.79 Å². The van der Waals surface area contributed by atoms with E-state index in [1.54, 1.807) is 0 Å². The van der Waals surface area contributed by atoms with Crippen molar-refractivity contribution >= 4 is 5.91 Å². The highest BCUT2D eigenvalue weighted by Gasteiger charge is 2.34. The maximum atomic E-state index is 12.5. The third kappa shape index (κ3) is 2.99. The second kappa shape index (κ2) is 5.36. The van der Waals surface area contributed by atoms with Crippen LogP contribution in [0.4, 0.5) is 0 Å². The lowest BCUT2D eigenvalue weighted by Crippen LogP contribution is -2.57. The van der Waals surface area contributed by atoms with Gasteiger partial charge in [-0.2, -0.15) is 0 Å². The molecule has 4 atom stereocenters. The number of hydrogen-bond acceptors (Lipinski definition) is 3. The number of amides is 1. The molecule has 2 unspecified atom stereocenters. The molecule has 0 aromatic carbocycles. The van der Waals surface area contributed by atoms with Gasteiger partial charge in [0.05, 0.1) is 18.2 Å². The highest BCUT2D eigenvalue weighted by atomic mass is 16.5. The molecule has 0 aromatic heterocycles. The van der Waals surface area contributed by atoms with Gasteiger partial charge in [0.15, 0.2) is 0 Å². The van der Waals surface area contributed by atoms with Crippen LogP contribution >= 0.6 is 0 Å². The summed E-state index contributed by atoms with van der Waals surface area (Å²) >= 11 is 0. The van der Waals surface area contributed by atoms with E-state index in [9.17, 15) is 4.79 Å². The predicted molar refractivity (Wildman–Crippen MR) is 66.8 cm³/mol. The maximum absolute atomic E-state index is 12.5. The van der Waals surface area contributed by atoms with E-state index in [0.29, 0.717) is 5.92 Å². The minimum absolute atomic E-state index is 0.0150. The van der Waals surface area contributed by atoms with Crippen LogP contribution in [0.15, 0.2) is 0 Å². The molecule has 2 rings (SSSR count). The molecule has 2 fully saturated rings. The van der Waals surface area contributed by atoms with Crippen LogP contribution in [0.3, 0.4) is 0 Å². The molecular weight excluding hydrogens is 216 g/mol. The van der Waals surface area contributed by atoms with Crippen LogP contribution in [0.5, 0.6) is 0 Å². The number of carbonyl (C=O) groups is 1. The van der Waals surface area contributed by atoms with Crippen molar-refractivity contribution in [1.29, 1.82) is 0 Å². The Balaban J connectivity index is 1.98. The minimum atomic E-state index is 0.0150. The van der Waals surface area contributed by atoms with Gasteiger partial charge in [-0.15, -0.1) is 0 Å². The molecule has 17 heavy (non-hydrogen) atoms. The standard InChI is InChI=1S/C13H24N2O2/c1-9-5-4-6-14-12(9)13(16)15-7-10(2)17-11(3)8-15/h9-12,14H,4-8H2,1-3H3/t9?,10-,11+,12?. The van der Waals surface area contributed by atoms with Crippen LogP contribution < -0.4 is 5.32 Å². The van der Waals surface area contributed by atoms with E-state index >= 15 is 0 Å². The number of ether oxygens (including phenoxy) is 1. The Morgan fingerprint density at radius 2 is 1.88 bits per heavy atom. The fraction of sp³-hybridized carbons (Fsp3) is 0.923. The molecule has 98 valence electrons. The second-order valence-corrected chi connectivity index (χ2v) is 5.55. The molecular formula is C13H24N2O2. The third-order valence-electron chi connectivity index (χ3n) is 3.77. The number of morpholine rings is 1. The molecule has 4 nitrogen and oxygen atoms in total. The SMILES string of the molecule is CC1CCCNC1C(=O)N1C[C@@H](C)O[C@@H](C)C1. The first-order valence-corrected chi connectivity index (χ1v) is 6.75. The van der Waals surface area contributed by atoms with Crippen molar-refractivity contribution in [3.05, 3.63) is 0 Å². The predicted octanol–water partition coefficient (Wildman–Crippen LogP) is 1.01. The monoisotopic (exact) mass is 240 g/mol. The number of nitrogens with zero attached hydrogens (tertiary/aromatic N) is 1. The van der Waals surface area contributed by atoms with E-state index in [2.05, 4.69) is 12.2 Å². The molecule has 0 aliphatic carbocycles. The molecule has 1 N–H and O–H groups in total. The largest absolute Gasteiger partial charge is 0.372 e. The number of carbonyl (C=O) groups excluding carboxylic acids is 1. The Bertz CT molecular complexity index is 273. The number of hydrogen-bond donors (Lipinski definition) is 1. The van der Waals surface area contributed by atoms with Crippen LogP contribution in [-0.2, 0) is 9.53 Å². The van der Waals surface area contributed by atoms with Gasteiger partial charge in [-0.1, -0.05) is 6.92 Å². The van der Waals surface area contributed by atoms with Gasteiger partial charge < -0.3 is 15.0 Å². The molecule has 2 aliphatic rings. The van der Waals surface area contributed by atoms with Gasteiger partial charge in [0, 0.05) is 13.1 Å². The van der Waals surface area contributed by atoms with Crippen molar-refractivity contribution in [2.45, 2.75) is 51.9 Å². The molecule has 0 aromatic rings. The summed E-state index contributed by atoms with van der Waals surface area (Å²) in [6, 6.07) is 0.0150. The first-order chi connectivity index (χ1) is 8.08. The fourth-order valence-electron chi connectivity index (χ4n) is 2.93. The van der Waals surface area contributed by atoms with Crippen LogP contribution in [0.25, 0.3) is 0 Å². The quantitative estimate of drug-likeness (QED) is 0.744. The van der Waals surface area contributed by atoms with Gasteiger partial charge in [-0.05, 0) is 39.2 Å². The van der Waals surface area contributed by atoms with Crippen molar-refractivity contribution in [2.24, 2.45) is 5.92 Å². The van der Waals surface area contributed by atoms with Crippen LogP contribution in [-0.4, -0.2) is 48.7 Å². The molecule has 0 bridgehead atoms. The van der Waals surface area contributed by atoms with Crippen LogP contribution in [0.1, 0.15) is 33.6 Å². The van der Waals surface area contributed by atoms with Crippen molar-refractivity contribution < 1.29 is 9.53 Å². The summed E-state index contributed by atoms with van der Waals surface area (Å²) in [6.07, 6.45) is 2.64. The minimum Gasteiger partial charge on any atom is -0.372 e. The summed E-state index contributed by atoms with van der Waals surface area (Å²) in [4.78, 5) is 14.4. The number of piperidine rings is 1. The highest BCUT2D eigenvalue weighted by Crippen LogP contribution is 2.19. The van der Waals surface area contributed by atoms with Gasteiger partial charge in [0.25, 0.3) is 0 Å². The Morgan fingerprint density at radius 1 is 1.24 bits per heavy atom. The molecule has 2 saturated heterocycles. The van der Waals surface area contributed by atoms with Crippen molar-refractivity contribution in [2.75, 3.05) is 19.6 Å². The fourth-order valence-corrected chi connectivity index (χ4v) is 2.93. The highest BCUT2D eigenvalue weighted by molar-refractivity contribution is 5.82. The molecule has 2 aliphatic heterocycles. The van der Waals surface area contributed by atoms with Gasteiger partial charge in [-0.25, -0.2) is 0 Å². The zero-order chi connectivity index (χ0) is 12.4. The smallest absolute Gasteiger partial charge is 0.240 e. The summed E-state index contributed by atoms with van der Waals surface area (Å²) in [5.74, 6) is 0.712. The molecule has 2 heterocycles. The van der Waals surface area contributed by atoms with Crippen LogP contribution in [0.2, 0.25) is 0 Å². The van der Waals surface area contributed by atoms with E-state index in [1.807, 2.05) is 18.7 Å². The number of rotatable bonds is 1. The van der Waals surface area contributed by atoms with Crippen molar-refractivity contribution in [3.8, 4) is 0 Å². The molecule has 1 amide bonds. The maximum Gasteiger partial charge on any atom is 0.240 e. The zero-order valence-electron chi connectivity index (χ0n) is 11.1. The average Bonchev–Trinajstić information content (AvgIpc) is 2.27. The Morgan fingerprint density at radius 3 is 2.47 bits per heavy atom. The second-order valence-electron chi connectivity index (χ2n) is 5.55. The van der Waals surface area contributed by atoms with E-state index in [1.165, 1.54) is 6.42 Å². The zero-order valence-corrected chi connectivity index (χ0v) is 11.1. The van der Waals surface area contributed by atoms with E-state index < -0.39 is 0 Å². The first-order valence-electron chi connectivity index (χ1n) is 6.75. The van der Waals surface area contributed by atoms with Gasteiger partial charge >= 0.3 is 0 Å². The third-order valence-corrected chi connectivity index (χ3v) is 3.77.